The van der Waals surface area contributed by atoms with Gasteiger partial charge in [-0.3, -0.25) is 9.59 Å². The zero-order valence-electron chi connectivity index (χ0n) is 19.1. The van der Waals surface area contributed by atoms with Gasteiger partial charge in [0, 0.05) is 44.5 Å². The summed E-state index contributed by atoms with van der Waals surface area (Å²) in [5, 5.41) is 4.88. The van der Waals surface area contributed by atoms with Crippen molar-refractivity contribution >= 4 is 34.5 Å². The van der Waals surface area contributed by atoms with E-state index in [1.165, 1.54) is 11.3 Å². The largest absolute Gasteiger partial charge is 0.377 e. The minimum Gasteiger partial charge on any atom is -0.377 e. The van der Waals surface area contributed by atoms with Crippen molar-refractivity contribution in [3.63, 3.8) is 0 Å². The number of rotatable bonds is 10. The summed E-state index contributed by atoms with van der Waals surface area (Å²) in [7, 11) is 4.00. The predicted octanol–water partition coefficient (Wildman–Crippen LogP) is 5.49. The third kappa shape index (κ3) is 6.33. The van der Waals surface area contributed by atoms with Gasteiger partial charge in [-0.25, -0.2) is 0 Å². The van der Waals surface area contributed by atoms with Gasteiger partial charge in [-0.15, -0.1) is 11.3 Å². The molecule has 2 aromatic rings. The molecule has 30 heavy (non-hydrogen) atoms. The maximum Gasteiger partial charge on any atom is 0.265 e. The van der Waals surface area contributed by atoms with E-state index in [4.69, 9.17) is 0 Å². The number of nitrogens with zero attached hydrogens (tertiary/aromatic N) is 2. The van der Waals surface area contributed by atoms with Crippen molar-refractivity contribution in [3.05, 3.63) is 46.2 Å². The molecule has 164 valence electrons. The Morgan fingerprint density at radius 1 is 1.10 bits per heavy atom. The normalized spacial score (nSPS) is 11.1. The smallest absolute Gasteiger partial charge is 0.265 e. The molecular weight excluding hydrogens is 394 g/mol. The summed E-state index contributed by atoms with van der Waals surface area (Å²) >= 11 is 1.42. The van der Waals surface area contributed by atoms with Crippen LogP contribution in [-0.4, -0.2) is 37.4 Å². The van der Waals surface area contributed by atoms with Gasteiger partial charge in [0.25, 0.3) is 5.91 Å². The number of amides is 2. The number of benzene rings is 1. The highest BCUT2D eigenvalue weighted by Crippen LogP contribution is 2.27. The SMILES string of the molecule is CCC(CC)C(=O)N(Cc1cc(NC(=O)c2cccs2)ccc1N(C)C)CC(C)C. The van der Waals surface area contributed by atoms with Crippen LogP contribution in [0.2, 0.25) is 0 Å². The van der Waals surface area contributed by atoms with Gasteiger partial charge in [0.05, 0.1) is 4.88 Å². The van der Waals surface area contributed by atoms with Gasteiger partial charge in [-0.1, -0.05) is 33.8 Å². The first-order valence-electron chi connectivity index (χ1n) is 10.7. The van der Waals surface area contributed by atoms with Crippen LogP contribution < -0.4 is 10.2 Å². The molecule has 0 bridgehead atoms. The third-order valence-corrected chi connectivity index (χ3v) is 6.03. The van der Waals surface area contributed by atoms with Crippen molar-refractivity contribution in [1.82, 2.24) is 4.90 Å². The first kappa shape index (κ1) is 23.9. The molecule has 1 aromatic heterocycles. The van der Waals surface area contributed by atoms with E-state index in [-0.39, 0.29) is 17.7 Å². The Hall–Kier alpha value is -2.34. The van der Waals surface area contributed by atoms with Crippen molar-refractivity contribution in [3.8, 4) is 0 Å². The first-order valence-corrected chi connectivity index (χ1v) is 11.6. The van der Waals surface area contributed by atoms with Gasteiger partial charge in [0.1, 0.15) is 0 Å². The molecule has 0 aliphatic carbocycles. The molecule has 6 heteroatoms. The molecule has 0 radical (unpaired) electrons. The number of carbonyl (C=O) groups excluding carboxylic acids is 2. The van der Waals surface area contributed by atoms with E-state index >= 15 is 0 Å². The maximum atomic E-state index is 13.2. The van der Waals surface area contributed by atoms with E-state index in [9.17, 15) is 9.59 Å². The highest BCUT2D eigenvalue weighted by Gasteiger charge is 2.23. The molecule has 0 saturated heterocycles. The summed E-state index contributed by atoms with van der Waals surface area (Å²) < 4.78 is 0. The van der Waals surface area contributed by atoms with Crippen molar-refractivity contribution < 1.29 is 9.59 Å². The van der Waals surface area contributed by atoms with Crippen LogP contribution in [0.25, 0.3) is 0 Å². The fraction of sp³-hybridized carbons (Fsp3) is 0.500. The molecule has 0 atom stereocenters. The van der Waals surface area contributed by atoms with E-state index in [1.54, 1.807) is 0 Å². The minimum atomic E-state index is -0.110. The van der Waals surface area contributed by atoms with E-state index in [0.717, 1.165) is 29.8 Å². The summed E-state index contributed by atoms with van der Waals surface area (Å²) in [6.45, 7) is 9.67. The number of carbonyl (C=O) groups is 2. The van der Waals surface area contributed by atoms with Crippen molar-refractivity contribution in [2.75, 3.05) is 30.9 Å². The summed E-state index contributed by atoms with van der Waals surface area (Å²) in [5.41, 5.74) is 2.83. The Balaban J connectivity index is 2.32. The minimum absolute atomic E-state index is 0.0493. The monoisotopic (exact) mass is 429 g/mol. The second kappa shape index (κ2) is 11.2. The van der Waals surface area contributed by atoms with Gasteiger partial charge < -0.3 is 15.1 Å². The Bertz CT molecular complexity index is 827. The average Bonchev–Trinajstić information content (AvgIpc) is 3.23. The van der Waals surface area contributed by atoms with Gasteiger partial charge in [-0.05, 0) is 54.0 Å². The average molecular weight is 430 g/mol. The molecular formula is C24H35N3O2S. The number of thiophene rings is 1. The van der Waals surface area contributed by atoms with Crippen molar-refractivity contribution in [2.24, 2.45) is 11.8 Å². The van der Waals surface area contributed by atoms with Crippen LogP contribution in [0.4, 0.5) is 11.4 Å². The molecule has 0 aliphatic rings. The Morgan fingerprint density at radius 2 is 1.80 bits per heavy atom. The lowest BCUT2D eigenvalue weighted by atomic mass is 10.00. The predicted molar refractivity (Wildman–Crippen MR) is 127 cm³/mol. The number of anilines is 2. The van der Waals surface area contributed by atoms with Crippen LogP contribution in [0.5, 0.6) is 0 Å². The Kier molecular flexibility index (Phi) is 8.90. The fourth-order valence-electron chi connectivity index (χ4n) is 3.60. The molecule has 2 rings (SSSR count). The second-order valence-corrected chi connectivity index (χ2v) is 9.24. The Morgan fingerprint density at radius 3 is 2.33 bits per heavy atom. The molecule has 0 unspecified atom stereocenters. The quantitative estimate of drug-likeness (QED) is 0.543. The highest BCUT2D eigenvalue weighted by atomic mass is 32.1. The lowest BCUT2D eigenvalue weighted by Gasteiger charge is -2.30. The highest BCUT2D eigenvalue weighted by molar-refractivity contribution is 7.12. The summed E-state index contributed by atoms with van der Waals surface area (Å²) in [6, 6.07) is 9.60. The van der Waals surface area contributed by atoms with Crippen molar-refractivity contribution in [1.29, 1.82) is 0 Å². The van der Waals surface area contributed by atoms with E-state index in [2.05, 4.69) is 37.9 Å². The van der Waals surface area contributed by atoms with Gasteiger partial charge in [0.15, 0.2) is 0 Å². The zero-order chi connectivity index (χ0) is 22.3. The fourth-order valence-corrected chi connectivity index (χ4v) is 4.22. The van der Waals surface area contributed by atoms with Crippen LogP contribution in [0.1, 0.15) is 55.8 Å². The third-order valence-electron chi connectivity index (χ3n) is 5.16. The van der Waals surface area contributed by atoms with E-state index in [1.807, 2.05) is 54.7 Å². The summed E-state index contributed by atoms with van der Waals surface area (Å²) in [4.78, 5) is 30.4. The van der Waals surface area contributed by atoms with Crippen LogP contribution in [0, 0.1) is 11.8 Å². The molecule has 5 nitrogen and oxygen atoms in total. The molecule has 1 heterocycles. The standard InChI is InChI=1S/C24H35N3O2S/c1-7-18(8-2)24(29)27(15-17(3)4)16-19-14-20(11-12-21(19)26(5)6)25-23(28)22-10-9-13-30-22/h9-14,17-18H,7-8,15-16H2,1-6H3,(H,25,28). The van der Waals surface area contributed by atoms with Gasteiger partial charge in [-0.2, -0.15) is 0 Å². The Labute approximate surface area is 185 Å². The van der Waals surface area contributed by atoms with E-state index in [0.29, 0.717) is 23.9 Å². The molecule has 2 amide bonds. The van der Waals surface area contributed by atoms with Gasteiger partial charge >= 0.3 is 0 Å². The molecule has 1 aromatic carbocycles. The molecule has 0 spiro atoms. The van der Waals surface area contributed by atoms with Crippen LogP contribution >= 0.6 is 11.3 Å². The lowest BCUT2D eigenvalue weighted by molar-refractivity contribution is -0.137. The number of nitrogens with one attached hydrogen (secondary N) is 1. The second-order valence-electron chi connectivity index (χ2n) is 8.30. The topological polar surface area (TPSA) is 52.7 Å². The molecule has 1 N–H and O–H groups in total. The lowest BCUT2D eigenvalue weighted by Crippen LogP contribution is -2.38. The summed E-state index contributed by atoms with van der Waals surface area (Å²) in [6.07, 6.45) is 1.70. The van der Waals surface area contributed by atoms with E-state index < -0.39 is 0 Å². The van der Waals surface area contributed by atoms with Crippen LogP contribution in [0.3, 0.4) is 0 Å². The van der Waals surface area contributed by atoms with Crippen LogP contribution in [0.15, 0.2) is 35.7 Å². The van der Waals surface area contributed by atoms with Gasteiger partial charge in [0.2, 0.25) is 5.91 Å². The molecule has 0 fully saturated rings. The van der Waals surface area contributed by atoms with Crippen molar-refractivity contribution in [2.45, 2.75) is 47.1 Å². The molecule has 0 saturated carbocycles. The van der Waals surface area contributed by atoms with Crippen LogP contribution in [-0.2, 0) is 11.3 Å². The summed E-state index contributed by atoms with van der Waals surface area (Å²) in [5.74, 6) is 0.535. The molecule has 0 aliphatic heterocycles. The first-order chi connectivity index (χ1) is 14.3. The number of hydrogen-bond acceptors (Lipinski definition) is 4. The zero-order valence-corrected chi connectivity index (χ0v) is 19.9. The number of hydrogen-bond donors (Lipinski definition) is 1. The maximum absolute atomic E-state index is 13.2.